The molecule has 16 heavy (non-hydrogen) atoms. The van der Waals surface area contributed by atoms with Gasteiger partial charge in [0.1, 0.15) is 0 Å². The average molecular weight is 213 g/mol. The van der Waals surface area contributed by atoms with Crippen LogP contribution in [0.2, 0.25) is 6.82 Å². The fourth-order valence-electron chi connectivity index (χ4n) is 1.68. The zero-order chi connectivity index (χ0) is 11.5. The Morgan fingerprint density at radius 3 is 2.62 bits per heavy atom. The molecule has 0 amide bonds. The summed E-state index contributed by atoms with van der Waals surface area (Å²) in [4.78, 5) is 18.4. The Labute approximate surface area is 93.8 Å². The SMILES string of the molecule is CBc1c(-c2ccccc2)nc(N)[nH]c1=O. The molecular formula is C11H12BN3O. The summed E-state index contributed by atoms with van der Waals surface area (Å²) < 4.78 is 0. The molecule has 80 valence electrons. The van der Waals surface area contributed by atoms with E-state index in [1.807, 2.05) is 37.2 Å². The van der Waals surface area contributed by atoms with Crippen molar-refractivity contribution in [2.45, 2.75) is 6.82 Å². The average Bonchev–Trinajstić information content (AvgIpc) is 2.29. The maximum absolute atomic E-state index is 11.7. The molecule has 0 fully saturated rings. The molecule has 1 aromatic heterocycles. The highest BCUT2D eigenvalue weighted by molar-refractivity contribution is 6.53. The summed E-state index contributed by atoms with van der Waals surface area (Å²) in [7, 11) is 0.632. The van der Waals surface area contributed by atoms with E-state index in [1.54, 1.807) is 0 Å². The number of anilines is 1. The van der Waals surface area contributed by atoms with Gasteiger partial charge in [-0.15, -0.1) is 0 Å². The number of hydrogen-bond donors (Lipinski definition) is 2. The smallest absolute Gasteiger partial charge is 0.246 e. The van der Waals surface area contributed by atoms with E-state index < -0.39 is 0 Å². The summed E-state index contributed by atoms with van der Waals surface area (Å²) in [5.74, 6) is 0.154. The number of hydrogen-bond acceptors (Lipinski definition) is 3. The van der Waals surface area contributed by atoms with Gasteiger partial charge in [-0.05, 0) is 5.56 Å². The van der Waals surface area contributed by atoms with Gasteiger partial charge >= 0.3 is 0 Å². The molecule has 2 aromatic rings. The van der Waals surface area contributed by atoms with Crippen LogP contribution >= 0.6 is 0 Å². The van der Waals surface area contributed by atoms with Gasteiger partial charge in [0, 0.05) is 5.46 Å². The molecule has 0 saturated carbocycles. The van der Waals surface area contributed by atoms with Crippen molar-refractivity contribution < 1.29 is 0 Å². The van der Waals surface area contributed by atoms with Crippen molar-refractivity contribution in [3.8, 4) is 11.3 Å². The summed E-state index contributed by atoms with van der Waals surface area (Å²) in [6, 6.07) is 9.58. The molecule has 1 heterocycles. The summed E-state index contributed by atoms with van der Waals surface area (Å²) >= 11 is 0. The van der Waals surface area contributed by atoms with Crippen LogP contribution in [0.5, 0.6) is 0 Å². The lowest BCUT2D eigenvalue weighted by molar-refractivity contribution is 1.16. The van der Waals surface area contributed by atoms with Gasteiger partial charge in [-0.3, -0.25) is 9.78 Å². The summed E-state index contributed by atoms with van der Waals surface area (Å²) in [6.45, 7) is 1.93. The summed E-state index contributed by atoms with van der Waals surface area (Å²) in [5.41, 5.74) is 7.65. The van der Waals surface area contributed by atoms with Crippen LogP contribution in [0.1, 0.15) is 0 Å². The first-order valence-corrected chi connectivity index (χ1v) is 5.16. The predicted molar refractivity (Wildman–Crippen MR) is 67.4 cm³/mol. The Hall–Kier alpha value is -2.04. The van der Waals surface area contributed by atoms with Crippen LogP contribution < -0.4 is 16.8 Å². The van der Waals surface area contributed by atoms with Crippen molar-refractivity contribution in [2.75, 3.05) is 5.73 Å². The molecule has 3 N–H and O–H groups in total. The van der Waals surface area contributed by atoms with Gasteiger partial charge < -0.3 is 5.73 Å². The van der Waals surface area contributed by atoms with Crippen molar-refractivity contribution in [3.63, 3.8) is 0 Å². The van der Waals surface area contributed by atoms with E-state index in [2.05, 4.69) is 9.97 Å². The number of nitrogens with one attached hydrogen (secondary N) is 1. The van der Waals surface area contributed by atoms with Crippen LogP contribution in [0.4, 0.5) is 5.95 Å². The topological polar surface area (TPSA) is 71.8 Å². The summed E-state index contributed by atoms with van der Waals surface area (Å²) in [6.07, 6.45) is 0. The highest BCUT2D eigenvalue weighted by Gasteiger charge is 2.10. The van der Waals surface area contributed by atoms with Crippen LogP contribution in [0.3, 0.4) is 0 Å². The van der Waals surface area contributed by atoms with E-state index in [1.165, 1.54) is 0 Å². The quantitative estimate of drug-likeness (QED) is 0.696. The zero-order valence-electron chi connectivity index (χ0n) is 9.03. The molecule has 0 spiro atoms. The molecule has 2 rings (SSSR count). The van der Waals surface area contributed by atoms with Crippen LogP contribution in [-0.2, 0) is 0 Å². The van der Waals surface area contributed by atoms with Gasteiger partial charge in [0.25, 0.3) is 0 Å². The number of benzene rings is 1. The van der Waals surface area contributed by atoms with Crippen molar-refractivity contribution >= 4 is 18.7 Å². The number of nitrogens with zero attached hydrogens (tertiary/aromatic N) is 1. The minimum absolute atomic E-state index is 0.154. The Morgan fingerprint density at radius 2 is 2.00 bits per heavy atom. The highest BCUT2D eigenvalue weighted by atomic mass is 16.1. The van der Waals surface area contributed by atoms with Crippen molar-refractivity contribution in [3.05, 3.63) is 40.7 Å². The van der Waals surface area contributed by atoms with Crippen molar-refractivity contribution in [1.29, 1.82) is 0 Å². The Kier molecular flexibility index (Phi) is 2.77. The van der Waals surface area contributed by atoms with Crippen LogP contribution in [0, 0.1) is 0 Å². The number of nitrogens with two attached hydrogens (primary N) is 1. The molecule has 4 nitrogen and oxygen atoms in total. The van der Waals surface area contributed by atoms with Gasteiger partial charge in [0.05, 0.1) is 5.69 Å². The van der Waals surface area contributed by atoms with E-state index >= 15 is 0 Å². The zero-order valence-corrected chi connectivity index (χ0v) is 9.03. The monoisotopic (exact) mass is 213 g/mol. The largest absolute Gasteiger partial charge is 0.369 e. The first kappa shape index (κ1) is 10.5. The van der Waals surface area contributed by atoms with Gasteiger partial charge in [-0.1, -0.05) is 37.2 Å². The first-order chi connectivity index (χ1) is 7.72. The Balaban J connectivity index is 2.69. The van der Waals surface area contributed by atoms with Gasteiger partial charge in [-0.25, -0.2) is 4.98 Å². The fraction of sp³-hybridized carbons (Fsp3) is 0.0909. The lowest BCUT2D eigenvalue weighted by Crippen LogP contribution is -2.35. The second-order valence-electron chi connectivity index (χ2n) is 3.50. The Morgan fingerprint density at radius 1 is 1.31 bits per heavy atom. The van der Waals surface area contributed by atoms with E-state index in [9.17, 15) is 4.79 Å². The third-order valence-corrected chi connectivity index (χ3v) is 2.43. The summed E-state index contributed by atoms with van der Waals surface area (Å²) in [5, 5.41) is 0. The van der Waals surface area contributed by atoms with Gasteiger partial charge in [0.15, 0.2) is 7.28 Å². The second-order valence-corrected chi connectivity index (χ2v) is 3.50. The number of aromatic nitrogens is 2. The molecule has 0 saturated heterocycles. The standard InChI is InChI=1S/C11H12BN3O/c1-12-8-9(7-5-3-2-4-6-7)14-11(13)15-10(8)16/h2-6,12H,1H3,(H3,13,14,15,16). The third-order valence-electron chi connectivity index (χ3n) is 2.43. The lowest BCUT2D eigenvalue weighted by atomic mass is 9.72. The number of H-pyrrole nitrogens is 1. The van der Waals surface area contributed by atoms with E-state index in [-0.39, 0.29) is 11.5 Å². The Bertz CT molecular complexity index is 551. The van der Waals surface area contributed by atoms with Crippen LogP contribution in [0.25, 0.3) is 11.3 Å². The lowest BCUT2D eigenvalue weighted by Gasteiger charge is -2.06. The molecule has 0 aliphatic rings. The highest BCUT2D eigenvalue weighted by Crippen LogP contribution is 2.13. The molecule has 0 radical (unpaired) electrons. The molecule has 1 aromatic carbocycles. The molecular weight excluding hydrogens is 201 g/mol. The number of aromatic amines is 1. The molecule has 0 atom stereocenters. The van der Waals surface area contributed by atoms with Crippen LogP contribution in [-0.4, -0.2) is 17.2 Å². The maximum Gasteiger partial charge on any atom is 0.246 e. The third kappa shape index (κ3) is 1.84. The molecule has 0 unspecified atom stereocenters. The van der Waals surface area contributed by atoms with Gasteiger partial charge in [0.2, 0.25) is 11.5 Å². The van der Waals surface area contributed by atoms with Crippen molar-refractivity contribution in [1.82, 2.24) is 9.97 Å². The number of nitrogen functional groups attached to an aromatic ring is 1. The minimum atomic E-state index is -0.158. The molecule has 5 heteroatoms. The normalized spacial score (nSPS) is 10.1. The fourth-order valence-corrected chi connectivity index (χ4v) is 1.68. The molecule has 0 bridgehead atoms. The van der Waals surface area contributed by atoms with E-state index in [0.29, 0.717) is 18.4 Å². The first-order valence-electron chi connectivity index (χ1n) is 5.16. The molecule has 0 aliphatic carbocycles. The van der Waals surface area contributed by atoms with Gasteiger partial charge in [-0.2, -0.15) is 0 Å². The van der Waals surface area contributed by atoms with Crippen molar-refractivity contribution in [2.24, 2.45) is 0 Å². The van der Waals surface area contributed by atoms with E-state index in [4.69, 9.17) is 5.73 Å². The maximum atomic E-state index is 11.7. The second kappa shape index (κ2) is 4.22. The number of rotatable bonds is 2. The molecule has 0 aliphatic heterocycles. The van der Waals surface area contributed by atoms with Crippen LogP contribution in [0.15, 0.2) is 35.1 Å². The predicted octanol–water partition coefficient (Wildman–Crippen LogP) is 0.129. The van der Waals surface area contributed by atoms with E-state index in [0.717, 1.165) is 5.56 Å². The minimum Gasteiger partial charge on any atom is -0.369 e.